The molecule has 0 radical (unpaired) electrons. The molecule has 0 aliphatic heterocycles. The van der Waals surface area contributed by atoms with Crippen LogP contribution in [0, 0.1) is 0 Å². The molecule has 1 atom stereocenters. The monoisotopic (exact) mass is 244 g/mol. The maximum Gasteiger partial charge on any atom is 0.126 e. The Morgan fingerprint density at radius 3 is 2.29 bits per heavy atom. The van der Waals surface area contributed by atoms with Gasteiger partial charge in [0.25, 0.3) is 0 Å². The Morgan fingerprint density at radius 1 is 0.941 bits per heavy atom. The van der Waals surface area contributed by atoms with E-state index in [9.17, 15) is 0 Å². The smallest absolute Gasteiger partial charge is 0.126 e. The van der Waals surface area contributed by atoms with Crippen LogP contribution in [0.15, 0.2) is 48.5 Å². The van der Waals surface area contributed by atoms with Gasteiger partial charge in [-0.1, -0.05) is 58.0 Å². The molecule has 2 rings (SSSR count). The van der Waals surface area contributed by atoms with Gasteiger partial charge in [-0.25, -0.2) is 0 Å². The van der Waals surface area contributed by atoms with Crippen LogP contribution >= 0.6 is 8.58 Å². The van der Waals surface area contributed by atoms with Crippen LogP contribution in [0.5, 0.6) is 5.75 Å². The largest absolute Gasteiger partial charge is 0.496 e. The summed E-state index contributed by atoms with van der Waals surface area (Å²) in [6.45, 7) is 2.22. The first-order chi connectivity index (χ1) is 8.36. The minimum atomic E-state index is 0.854. The Balaban J connectivity index is 2.52. The first-order valence-corrected chi connectivity index (χ1v) is 7.03. The van der Waals surface area contributed by atoms with E-state index in [1.54, 1.807) is 7.11 Å². The maximum absolute atomic E-state index is 5.44. The molecule has 0 heterocycles. The van der Waals surface area contributed by atoms with Crippen LogP contribution in [0.25, 0.3) is 11.1 Å². The molecule has 0 amide bonds. The predicted molar refractivity (Wildman–Crippen MR) is 76.9 cm³/mol. The molecule has 0 aromatic heterocycles. The number of rotatable bonds is 4. The van der Waals surface area contributed by atoms with Crippen molar-refractivity contribution in [3.63, 3.8) is 0 Å². The summed E-state index contributed by atoms with van der Waals surface area (Å²) in [6.07, 6.45) is 1.19. The SMILES string of the molecule is CCPc1ccccc1-c1ccccc1OC. The third-order valence-electron chi connectivity index (χ3n) is 2.69. The van der Waals surface area contributed by atoms with Crippen molar-refractivity contribution in [2.75, 3.05) is 13.3 Å². The van der Waals surface area contributed by atoms with E-state index in [-0.39, 0.29) is 0 Å². The highest BCUT2D eigenvalue weighted by Gasteiger charge is 2.08. The lowest BCUT2D eigenvalue weighted by Crippen LogP contribution is -2.01. The van der Waals surface area contributed by atoms with Crippen molar-refractivity contribution in [3.05, 3.63) is 48.5 Å². The van der Waals surface area contributed by atoms with E-state index in [1.807, 2.05) is 12.1 Å². The van der Waals surface area contributed by atoms with E-state index in [4.69, 9.17) is 4.74 Å². The molecule has 2 heteroatoms. The van der Waals surface area contributed by atoms with E-state index < -0.39 is 0 Å². The van der Waals surface area contributed by atoms with Crippen molar-refractivity contribution in [2.45, 2.75) is 6.92 Å². The average molecular weight is 244 g/mol. The zero-order valence-electron chi connectivity index (χ0n) is 10.2. The summed E-state index contributed by atoms with van der Waals surface area (Å²) in [5.41, 5.74) is 2.48. The molecule has 0 spiro atoms. The van der Waals surface area contributed by atoms with E-state index in [0.29, 0.717) is 0 Å². The molecular formula is C15H17OP. The molecule has 1 nitrogen and oxygen atoms in total. The zero-order chi connectivity index (χ0) is 12.1. The van der Waals surface area contributed by atoms with Gasteiger partial charge in [0, 0.05) is 5.56 Å². The minimum absolute atomic E-state index is 0.854. The molecule has 0 aliphatic rings. The second kappa shape index (κ2) is 5.84. The van der Waals surface area contributed by atoms with Crippen molar-refractivity contribution in [2.24, 2.45) is 0 Å². The molecule has 0 saturated carbocycles. The highest BCUT2D eigenvalue weighted by atomic mass is 31.1. The van der Waals surface area contributed by atoms with Crippen LogP contribution in [0.3, 0.4) is 0 Å². The zero-order valence-corrected chi connectivity index (χ0v) is 11.2. The summed E-state index contributed by atoms with van der Waals surface area (Å²) in [5.74, 6) is 0.945. The number of para-hydroxylation sites is 1. The fourth-order valence-corrected chi connectivity index (χ4v) is 2.93. The Morgan fingerprint density at radius 2 is 1.59 bits per heavy atom. The minimum Gasteiger partial charge on any atom is -0.496 e. The van der Waals surface area contributed by atoms with Crippen LogP contribution in [0.4, 0.5) is 0 Å². The van der Waals surface area contributed by atoms with Crippen molar-refractivity contribution < 1.29 is 4.74 Å². The van der Waals surface area contributed by atoms with Crippen molar-refractivity contribution >= 4 is 13.9 Å². The molecule has 1 unspecified atom stereocenters. The summed E-state index contributed by atoms with van der Waals surface area (Å²) in [6, 6.07) is 16.8. The van der Waals surface area contributed by atoms with Gasteiger partial charge >= 0.3 is 0 Å². The number of benzene rings is 2. The van der Waals surface area contributed by atoms with Gasteiger partial charge in [0.15, 0.2) is 0 Å². The number of hydrogen-bond acceptors (Lipinski definition) is 1. The Labute approximate surface area is 105 Å². The van der Waals surface area contributed by atoms with Gasteiger partial charge in [-0.15, -0.1) is 0 Å². The highest BCUT2D eigenvalue weighted by Crippen LogP contribution is 2.30. The second-order valence-electron chi connectivity index (χ2n) is 3.78. The van der Waals surface area contributed by atoms with Gasteiger partial charge < -0.3 is 4.74 Å². The summed E-state index contributed by atoms with van der Waals surface area (Å²) >= 11 is 0. The third kappa shape index (κ3) is 2.68. The highest BCUT2D eigenvalue weighted by molar-refractivity contribution is 7.47. The molecule has 0 saturated heterocycles. The fourth-order valence-electron chi connectivity index (χ4n) is 1.93. The predicted octanol–water partition coefficient (Wildman–Crippen LogP) is 3.69. The van der Waals surface area contributed by atoms with Crippen LogP contribution in [-0.4, -0.2) is 13.3 Å². The average Bonchev–Trinajstić information content (AvgIpc) is 2.40. The molecule has 0 bridgehead atoms. The lowest BCUT2D eigenvalue weighted by atomic mass is 10.0. The molecule has 88 valence electrons. The summed E-state index contributed by atoms with van der Waals surface area (Å²) in [5, 5.41) is 1.42. The summed E-state index contributed by atoms with van der Waals surface area (Å²) in [4.78, 5) is 0. The third-order valence-corrected chi connectivity index (χ3v) is 3.86. The molecule has 0 N–H and O–H groups in total. The molecular weight excluding hydrogens is 227 g/mol. The van der Waals surface area contributed by atoms with Crippen LogP contribution < -0.4 is 10.0 Å². The van der Waals surface area contributed by atoms with Gasteiger partial charge in [0.2, 0.25) is 0 Å². The van der Waals surface area contributed by atoms with Crippen molar-refractivity contribution in [1.29, 1.82) is 0 Å². The van der Waals surface area contributed by atoms with E-state index in [0.717, 1.165) is 14.3 Å². The molecule has 0 aliphatic carbocycles. The maximum atomic E-state index is 5.44. The second-order valence-corrected chi connectivity index (χ2v) is 5.38. The lowest BCUT2D eigenvalue weighted by molar-refractivity contribution is 0.416. The van der Waals surface area contributed by atoms with E-state index in [2.05, 4.69) is 43.3 Å². The number of hydrogen-bond donors (Lipinski definition) is 0. The fraction of sp³-hybridized carbons (Fsp3) is 0.200. The number of methoxy groups -OCH3 is 1. The van der Waals surface area contributed by atoms with Crippen LogP contribution in [0.1, 0.15) is 6.92 Å². The van der Waals surface area contributed by atoms with Crippen molar-refractivity contribution in [1.82, 2.24) is 0 Å². The van der Waals surface area contributed by atoms with Crippen LogP contribution in [0.2, 0.25) is 0 Å². The lowest BCUT2D eigenvalue weighted by Gasteiger charge is -2.12. The number of ether oxygens (including phenoxy) is 1. The van der Waals surface area contributed by atoms with Gasteiger partial charge in [-0.3, -0.25) is 0 Å². The summed E-state index contributed by atoms with van der Waals surface area (Å²) < 4.78 is 5.44. The first kappa shape index (κ1) is 12.1. The van der Waals surface area contributed by atoms with Crippen LogP contribution in [-0.2, 0) is 0 Å². The molecule has 17 heavy (non-hydrogen) atoms. The Kier molecular flexibility index (Phi) is 4.17. The van der Waals surface area contributed by atoms with Gasteiger partial charge in [0.1, 0.15) is 5.75 Å². The molecule has 2 aromatic rings. The molecule has 2 aromatic carbocycles. The van der Waals surface area contributed by atoms with Crippen molar-refractivity contribution in [3.8, 4) is 16.9 Å². The Hall–Kier alpha value is -1.33. The normalized spacial score (nSPS) is 10.9. The van der Waals surface area contributed by atoms with Gasteiger partial charge in [-0.2, -0.15) is 0 Å². The summed E-state index contributed by atoms with van der Waals surface area (Å²) in [7, 11) is 2.58. The van der Waals surface area contributed by atoms with Gasteiger partial charge in [-0.05, 0) is 23.1 Å². The first-order valence-electron chi connectivity index (χ1n) is 5.83. The standard InChI is InChI=1S/C15H17OP/c1-3-17-15-11-7-5-9-13(15)12-8-4-6-10-14(12)16-2/h4-11,17H,3H2,1-2H3. The van der Waals surface area contributed by atoms with E-state index >= 15 is 0 Å². The molecule has 0 fully saturated rings. The Bertz CT molecular complexity index is 494. The van der Waals surface area contributed by atoms with Gasteiger partial charge in [0.05, 0.1) is 7.11 Å². The van der Waals surface area contributed by atoms with E-state index in [1.165, 1.54) is 22.6 Å². The topological polar surface area (TPSA) is 9.23 Å². The quantitative estimate of drug-likeness (QED) is 0.745.